The molecule has 1 aromatic heterocycles. The average molecular weight is 356 g/mol. The Bertz CT molecular complexity index is 845. The number of benzene rings is 2. The van der Waals surface area contributed by atoms with Gasteiger partial charge in [0, 0.05) is 16.1 Å². The summed E-state index contributed by atoms with van der Waals surface area (Å²) < 4.78 is 5.40. The molecule has 0 saturated heterocycles. The molecule has 0 bridgehead atoms. The van der Waals surface area contributed by atoms with Crippen LogP contribution in [0.15, 0.2) is 59.1 Å². The van der Waals surface area contributed by atoms with E-state index in [2.05, 4.69) is 15.5 Å². The number of aromatic nitrogens is 2. The Morgan fingerprint density at radius 1 is 1.08 bits per heavy atom. The van der Waals surface area contributed by atoms with Gasteiger partial charge >= 0.3 is 0 Å². The second-order valence-electron chi connectivity index (χ2n) is 6.02. The van der Waals surface area contributed by atoms with Gasteiger partial charge in [-0.25, -0.2) is 0 Å². The van der Waals surface area contributed by atoms with E-state index in [0.717, 1.165) is 5.56 Å². The van der Waals surface area contributed by atoms with Crippen LogP contribution in [0.1, 0.15) is 36.1 Å². The second-order valence-corrected chi connectivity index (χ2v) is 6.46. The van der Waals surface area contributed by atoms with Crippen LogP contribution < -0.4 is 5.32 Å². The summed E-state index contributed by atoms with van der Waals surface area (Å²) in [4.78, 5) is 16.9. The van der Waals surface area contributed by atoms with Crippen molar-refractivity contribution in [3.63, 3.8) is 0 Å². The molecular weight excluding hydrogens is 338 g/mol. The van der Waals surface area contributed by atoms with Crippen molar-refractivity contribution >= 4 is 17.5 Å². The lowest BCUT2D eigenvalue weighted by Crippen LogP contribution is -2.32. The second kappa shape index (κ2) is 7.49. The number of rotatable bonds is 5. The molecule has 0 aliphatic heterocycles. The third kappa shape index (κ3) is 4.06. The minimum absolute atomic E-state index is 0.0891. The predicted molar refractivity (Wildman–Crippen MR) is 96.2 cm³/mol. The Morgan fingerprint density at radius 3 is 2.40 bits per heavy atom. The molecule has 25 heavy (non-hydrogen) atoms. The highest BCUT2D eigenvalue weighted by atomic mass is 35.5. The first-order chi connectivity index (χ1) is 12.0. The first-order valence-corrected chi connectivity index (χ1v) is 8.38. The van der Waals surface area contributed by atoms with Crippen LogP contribution in [0.4, 0.5) is 0 Å². The minimum atomic E-state index is -0.374. The van der Waals surface area contributed by atoms with Gasteiger partial charge in [-0.2, -0.15) is 4.98 Å². The zero-order valence-corrected chi connectivity index (χ0v) is 14.7. The van der Waals surface area contributed by atoms with Crippen LogP contribution in [0, 0.1) is 5.92 Å². The molecule has 0 radical (unpaired) electrons. The zero-order chi connectivity index (χ0) is 17.8. The van der Waals surface area contributed by atoms with E-state index in [-0.39, 0.29) is 17.9 Å². The van der Waals surface area contributed by atoms with Crippen molar-refractivity contribution in [2.24, 2.45) is 5.92 Å². The van der Waals surface area contributed by atoms with E-state index in [4.69, 9.17) is 16.1 Å². The lowest BCUT2D eigenvalue weighted by atomic mass is 10.0. The van der Waals surface area contributed by atoms with Gasteiger partial charge in [-0.1, -0.05) is 48.8 Å². The number of carbonyl (C=O) groups excluding carboxylic acids is 1. The zero-order valence-electron chi connectivity index (χ0n) is 13.9. The first kappa shape index (κ1) is 17.2. The van der Waals surface area contributed by atoms with Crippen molar-refractivity contribution in [3.05, 3.63) is 71.1 Å². The molecule has 0 saturated carbocycles. The van der Waals surface area contributed by atoms with E-state index in [1.54, 1.807) is 24.3 Å². The molecule has 5 nitrogen and oxygen atoms in total. The summed E-state index contributed by atoms with van der Waals surface area (Å²) in [5.74, 6) is 0.757. The molecule has 3 aromatic rings. The van der Waals surface area contributed by atoms with Crippen LogP contribution in [0.25, 0.3) is 11.4 Å². The molecule has 6 heteroatoms. The number of nitrogens with zero attached hydrogens (tertiary/aromatic N) is 2. The van der Waals surface area contributed by atoms with E-state index in [1.807, 2.05) is 44.2 Å². The SMILES string of the molecule is CC(C)C(NC(=O)c1ccccc1)c1nc(-c2ccc(Cl)cc2)no1. The van der Waals surface area contributed by atoms with Gasteiger partial charge in [-0.3, -0.25) is 4.79 Å². The number of hydrogen-bond acceptors (Lipinski definition) is 4. The van der Waals surface area contributed by atoms with Crippen LogP contribution in [-0.4, -0.2) is 16.0 Å². The summed E-state index contributed by atoms with van der Waals surface area (Å²) in [6.07, 6.45) is 0. The fourth-order valence-electron chi connectivity index (χ4n) is 2.41. The molecule has 1 unspecified atom stereocenters. The van der Waals surface area contributed by atoms with Gasteiger partial charge in [0.1, 0.15) is 6.04 Å². The number of amides is 1. The van der Waals surface area contributed by atoms with E-state index in [1.165, 1.54) is 0 Å². The largest absolute Gasteiger partial charge is 0.340 e. The monoisotopic (exact) mass is 355 g/mol. The third-order valence-electron chi connectivity index (χ3n) is 3.80. The molecule has 1 heterocycles. The van der Waals surface area contributed by atoms with Gasteiger partial charge in [0.15, 0.2) is 0 Å². The molecule has 0 fully saturated rings. The van der Waals surface area contributed by atoms with Gasteiger partial charge in [-0.15, -0.1) is 0 Å². The standard InChI is InChI=1S/C19H18ClN3O2/c1-12(2)16(21-18(24)14-6-4-3-5-7-14)19-22-17(23-25-19)13-8-10-15(20)11-9-13/h3-12,16H,1-2H3,(H,21,24). The van der Waals surface area contributed by atoms with Crippen molar-refractivity contribution in [3.8, 4) is 11.4 Å². The van der Waals surface area contributed by atoms with E-state index in [0.29, 0.717) is 22.3 Å². The number of carbonyl (C=O) groups is 1. The molecule has 128 valence electrons. The summed E-state index contributed by atoms with van der Waals surface area (Å²) >= 11 is 5.90. The summed E-state index contributed by atoms with van der Waals surface area (Å²) in [6.45, 7) is 3.98. The summed E-state index contributed by atoms with van der Waals surface area (Å²) in [5, 5.41) is 7.63. The minimum Gasteiger partial charge on any atom is -0.340 e. The Balaban J connectivity index is 1.82. The Labute approximate surface area is 151 Å². The molecule has 0 spiro atoms. The maximum absolute atomic E-state index is 12.4. The maximum Gasteiger partial charge on any atom is 0.251 e. The van der Waals surface area contributed by atoms with Crippen LogP contribution in [0.3, 0.4) is 0 Å². The maximum atomic E-state index is 12.4. The van der Waals surface area contributed by atoms with E-state index >= 15 is 0 Å². The van der Waals surface area contributed by atoms with Gasteiger partial charge in [0.05, 0.1) is 0 Å². The molecule has 1 amide bonds. The fourth-order valence-corrected chi connectivity index (χ4v) is 2.53. The normalized spacial score (nSPS) is 12.2. The van der Waals surface area contributed by atoms with Crippen LogP contribution >= 0.6 is 11.6 Å². The number of hydrogen-bond donors (Lipinski definition) is 1. The van der Waals surface area contributed by atoms with Gasteiger partial charge in [0.2, 0.25) is 11.7 Å². The highest BCUT2D eigenvalue weighted by Gasteiger charge is 2.25. The quantitative estimate of drug-likeness (QED) is 0.730. The average Bonchev–Trinajstić information content (AvgIpc) is 3.10. The van der Waals surface area contributed by atoms with Gasteiger partial charge < -0.3 is 9.84 Å². The fraction of sp³-hybridized carbons (Fsp3) is 0.211. The summed E-state index contributed by atoms with van der Waals surface area (Å²) in [6, 6.07) is 15.9. The van der Waals surface area contributed by atoms with Gasteiger partial charge in [-0.05, 0) is 42.3 Å². The van der Waals surface area contributed by atoms with Crippen molar-refractivity contribution in [1.29, 1.82) is 0 Å². The van der Waals surface area contributed by atoms with E-state index < -0.39 is 0 Å². The van der Waals surface area contributed by atoms with Crippen molar-refractivity contribution in [2.45, 2.75) is 19.9 Å². The third-order valence-corrected chi connectivity index (χ3v) is 4.05. The molecular formula is C19H18ClN3O2. The van der Waals surface area contributed by atoms with Gasteiger partial charge in [0.25, 0.3) is 5.91 Å². The lowest BCUT2D eigenvalue weighted by molar-refractivity contribution is 0.0914. The summed E-state index contributed by atoms with van der Waals surface area (Å²) in [7, 11) is 0. The summed E-state index contributed by atoms with van der Waals surface area (Å²) in [5.41, 5.74) is 1.39. The van der Waals surface area contributed by atoms with Crippen LogP contribution in [0.5, 0.6) is 0 Å². The van der Waals surface area contributed by atoms with Crippen LogP contribution in [0.2, 0.25) is 5.02 Å². The first-order valence-electron chi connectivity index (χ1n) is 8.00. The predicted octanol–water partition coefficient (Wildman–Crippen LogP) is 4.52. The molecule has 0 aliphatic carbocycles. The molecule has 1 N–H and O–H groups in total. The highest BCUT2D eigenvalue weighted by Crippen LogP contribution is 2.24. The Morgan fingerprint density at radius 2 is 1.76 bits per heavy atom. The lowest BCUT2D eigenvalue weighted by Gasteiger charge is -2.18. The van der Waals surface area contributed by atoms with E-state index in [9.17, 15) is 4.79 Å². The van der Waals surface area contributed by atoms with Crippen molar-refractivity contribution in [1.82, 2.24) is 15.5 Å². The molecule has 1 atom stereocenters. The van der Waals surface area contributed by atoms with Crippen molar-refractivity contribution in [2.75, 3.05) is 0 Å². The molecule has 0 aliphatic rings. The molecule has 3 rings (SSSR count). The number of halogens is 1. The number of nitrogens with one attached hydrogen (secondary N) is 1. The smallest absolute Gasteiger partial charge is 0.251 e. The highest BCUT2D eigenvalue weighted by molar-refractivity contribution is 6.30. The topological polar surface area (TPSA) is 68.0 Å². The molecule has 2 aromatic carbocycles. The Hall–Kier alpha value is -2.66. The van der Waals surface area contributed by atoms with Crippen molar-refractivity contribution < 1.29 is 9.32 Å². The Kier molecular flexibility index (Phi) is 5.14. The van der Waals surface area contributed by atoms with Crippen LogP contribution in [-0.2, 0) is 0 Å².